The van der Waals surface area contributed by atoms with E-state index in [2.05, 4.69) is 10.2 Å². The predicted octanol–water partition coefficient (Wildman–Crippen LogP) is 2.35. The third-order valence-corrected chi connectivity index (χ3v) is 6.27. The summed E-state index contributed by atoms with van der Waals surface area (Å²) in [7, 11) is 0. The summed E-state index contributed by atoms with van der Waals surface area (Å²) in [5, 5.41) is 12.5. The largest absolute Gasteiger partial charge is 0.491 e. The summed E-state index contributed by atoms with van der Waals surface area (Å²) in [6.45, 7) is 4.65. The molecule has 0 spiro atoms. The number of likely N-dealkylation sites (tertiary alicyclic amines) is 1. The maximum atomic E-state index is 12.7. The van der Waals surface area contributed by atoms with Gasteiger partial charge in [0, 0.05) is 24.7 Å². The highest BCUT2D eigenvalue weighted by molar-refractivity contribution is 5.74. The van der Waals surface area contributed by atoms with Crippen molar-refractivity contribution in [2.45, 2.75) is 51.3 Å². The number of hydrogen-bond donors (Lipinski definition) is 2. The molecule has 2 fully saturated rings. The van der Waals surface area contributed by atoms with Crippen LogP contribution in [-0.2, 0) is 13.2 Å². The maximum Gasteiger partial charge on any atom is 0.317 e. The summed E-state index contributed by atoms with van der Waals surface area (Å²) in [5.74, 6) is 1.37. The molecule has 1 aromatic rings. The number of ether oxygens (including phenoxy) is 1. The third kappa shape index (κ3) is 4.38. The zero-order valence-corrected chi connectivity index (χ0v) is 16.0. The molecule has 0 aromatic heterocycles. The van der Waals surface area contributed by atoms with Crippen LogP contribution in [0.4, 0.5) is 4.79 Å². The van der Waals surface area contributed by atoms with Gasteiger partial charge in [0.1, 0.15) is 12.4 Å². The van der Waals surface area contributed by atoms with Crippen molar-refractivity contribution in [2.24, 2.45) is 5.92 Å². The summed E-state index contributed by atoms with van der Waals surface area (Å²) in [4.78, 5) is 17.2. The molecule has 0 unspecified atom stereocenters. The Morgan fingerprint density at radius 3 is 2.89 bits per heavy atom. The van der Waals surface area contributed by atoms with Crippen LogP contribution in [0.5, 0.6) is 5.75 Å². The van der Waals surface area contributed by atoms with Crippen LogP contribution in [0.2, 0.25) is 0 Å². The fourth-order valence-corrected chi connectivity index (χ4v) is 4.69. The van der Waals surface area contributed by atoms with Gasteiger partial charge in [-0.05, 0) is 49.4 Å². The molecule has 27 heavy (non-hydrogen) atoms. The second kappa shape index (κ2) is 8.48. The highest BCUT2D eigenvalue weighted by Crippen LogP contribution is 2.28. The van der Waals surface area contributed by atoms with Gasteiger partial charge in [-0.1, -0.05) is 18.9 Å². The number of aliphatic hydroxyl groups excluding tert-OH is 1. The van der Waals surface area contributed by atoms with Gasteiger partial charge in [-0.3, -0.25) is 0 Å². The number of amides is 2. The predicted molar refractivity (Wildman–Crippen MR) is 104 cm³/mol. The molecular formula is C21H31N3O3. The minimum atomic E-state index is -0.0137. The SMILES string of the molecule is O=C(NC[C@@H]1CCN(C2CCCC2)C1)N1CCOc2ccc(CO)cc2C1. The highest BCUT2D eigenvalue weighted by atomic mass is 16.5. The van der Waals surface area contributed by atoms with Crippen LogP contribution < -0.4 is 10.1 Å². The van der Waals surface area contributed by atoms with Gasteiger partial charge in [-0.25, -0.2) is 4.79 Å². The van der Waals surface area contributed by atoms with Crippen LogP contribution >= 0.6 is 0 Å². The molecule has 6 heteroatoms. The number of urea groups is 1. The van der Waals surface area contributed by atoms with Gasteiger partial charge >= 0.3 is 6.03 Å². The first-order valence-corrected chi connectivity index (χ1v) is 10.3. The smallest absolute Gasteiger partial charge is 0.317 e. The number of carbonyl (C=O) groups is 1. The molecule has 1 saturated carbocycles. The molecule has 2 aliphatic heterocycles. The standard InChI is InChI=1S/C21H31N3O3/c25-15-16-5-6-20-18(11-16)14-24(9-10-27-20)21(26)22-12-17-7-8-23(13-17)19-3-1-2-4-19/h5-6,11,17,19,25H,1-4,7-10,12-15H2,(H,22,26)/t17-/m0/s1. The first kappa shape index (κ1) is 18.6. The molecule has 3 aliphatic rings. The van der Waals surface area contributed by atoms with E-state index < -0.39 is 0 Å². The van der Waals surface area contributed by atoms with Gasteiger partial charge in [0.25, 0.3) is 0 Å². The Morgan fingerprint density at radius 1 is 1.22 bits per heavy atom. The van der Waals surface area contributed by atoms with Crippen LogP contribution in [0.1, 0.15) is 43.2 Å². The van der Waals surface area contributed by atoms with E-state index in [0.717, 1.165) is 36.0 Å². The summed E-state index contributed by atoms with van der Waals surface area (Å²) in [5.41, 5.74) is 1.81. The number of benzene rings is 1. The third-order valence-electron chi connectivity index (χ3n) is 6.27. The number of nitrogens with one attached hydrogen (secondary N) is 1. The first-order chi connectivity index (χ1) is 13.2. The van der Waals surface area contributed by atoms with Crippen molar-refractivity contribution in [2.75, 3.05) is 32.8 Å². The van der Waals surface area contributed by atoms with E-state index >= 15 is 0 Å². The monoisotopic (exact) mass is 373 g/mol. The van der Waals surface area contributed by atoms with Crippen LogP contribution in [0, 0.1) is 5.92 Å². The van der Waals surface area contributed by atoms with E-state index in [0.29, 0.717) is 25.6 Å². The zero-order chi connectivity index (χ0) is 18.6. The molecule has 1 atom stereocenters. The average molecular weight is 373 g/mol. The van der Waals surface area contributed by atoms with Gasteiger partial charge in [0.15, 0.2) is 0 Å². The molecule has 2 heterocycles. The minimum Gasteiger partial charge on any atom is -0.491 e. The molecular weight excluding hydrogens is 342 g/mol. The lowest BCUT2D eigenvalue weighted by Crippen LogP contribution is -2.43. The van der Waals surface area contributed by atoms with E-state index in [-0.39, 0.29) is 12.6 Å². The first-order valence-electron chi connectivity index (χ1n) is 10.3. The highest BCUT2D eigenvalue weighted by Gasteiger charge is 2.30. The number of fused-ring (bicyclic) bond motifs is 1. The Hall–Kier alpha value is -1.79. The second-order valence-corrected chi connectivity index (χ2v) is 8.14. The minimum absolute atomic E-state index is 0.00134. The van der Waals surface area contributed by atoms with Crippen molar-refractivity contribution in [3.63, 3.8) is 0 Å². The van der Waals surface area contributed by atoms with Crippen molar-refractivity contribution in [1.29, 1.82) is 0 Å². The Morgan fingerprint density at radius 2 is 2.07 bits per heavy atom. The van der Waals surface area contributed by atoms with Crippen molar-refractivity contribution < 1.29 is 14.6 Å². The van der Waals surface area contributed by atoms with Gasteiger partial charge in [0.05, 0.1) is 19.7 Å². The van der Waals surface area contributed by atoms with E-state index in [1.807, 2.05) is 23.1 Å². The lowest BCUT2D eigenvalue weighted by Gasteiger charge is -2.24. The quantitative estimate of drug-likeness (QED) is 0.850. The zero-order valence-electron chi connectivity index (χ0n) is 16.0. The van der Waals surface area contributed by atoms with E-state index in [4.69, 9.17) is 4.74 Å². The molecule has 0 radical (unpaired) electrons. The van der Waals surface area contributed by atoms with Crippen molar-refractivity contribution in [3.8, 4) is 5.75 Å². The Bertz CT molecular complexity index is 660. The number of aliphatic hydroxyl groups is 1. The molecule has 1 aliphatic carbocycles. The van der Waals surface area contributed by atoms with Gasteiger partial charge in [-0.2, -0.15) is 0 Å². The van der Waals surface area contributed by atoms with Crippen LogP contribution in [0.25, 0.3) is 0 Å². The van der Waals surface area contributed by atoms with Gasteiger partial charge in [0.2, 0.25) is 0 Å². The molecule has 6 nitrogen and oxygen atoms in total. The van der Waals surface area contributed by atoms with Crippen LogP contribution in [0.3, 0.4) is 0 Å². The van der Waals surface area contributed by atoms with Crippen molar-refractivity contribution >= 4 is 6.03 Å². The molecule has 1 aromatic carbocycles. The number of hydrogen-bond acceptors (Lipinski definition) is 4. The summed E-state index contributed by atoms with van der Waals surface area (Å²) in [6, 6.07) is 6.45. The maximum absolute atomic E-state index is 12.7. The number of carbonyl (C=O) groups excluding carboxylic acids is 1. The molecule has 2 N–H and O–H groups in total. The molecule has 0 bridgehead atoms. The molecule has 4 rings (SSSR count). The van der Waals surface area contributed by atoms with Gasteiger partial charge in [-0.15, -0.1) is 0 Å². The number of nitrogens with zero attached hydrogens (tertiary/aromatic N) is 2. The van der Waals surface area contributed by atoms with E-state index in [1.54, 1.807) is 0 Å². The van der Waals surface area contributed by atoms with Crippen LogP contribution in [0.15, 0.2) is 18.2 Å². The fourth-order valence-electron chi connectivity index (χ4n) is 4.69. The van der Waals surface area contributed by atoms with Crippen molar-refractivity contribution in [1.82, 2.24) is 15.1 Å². The summed E-state index contributed by atoms with van der Waals surface area (Å²) in [6.07, 6.45) is 6.63. The van der Waals surface area contributed by atoms with E-state index in [1.165, 1.54) is 38.6 Å². The lowest BCUT2D eigenvalue weighted by atomic mass is 10.1. The summed E-state index contributed by atoms with van der Waals surface area (Å²) >= 11 is 0. The fraction of sp³-hybridized carbons (Fsp3) is 0.667. The van der Waals surface area contributed by atoms with E-state index in [9.17, 15) is 9.90 Å². The van der Waals surface area contributed by atoms with Crippen molar-refractivity contribution in [3.05, 3.63) is 29.3 Å². The average Bonchev–Trinajstić information content (AvgIpc) is 3.33. The number of rotatable bonds is 4. The molecule has 2 amide bonds. The molecule has 1 saturated heterocycles. The molecule has 148 valence electrons. The Kier molecular flexibility index (Phi) is 5.83. The Labute approximate surface area is 161 Å². The lowest BCUT2D eigenvalue weighted by molar-refractivity contribution is 0.185. The topological polar surface area (TPSA) is 65.0 Å². The normalized spacial score (nSPS) is 23.7. The Balaban J connectivity index is 1.29. The van der Waals surface area contributed by atoms with Gasteiger partial charge < -0.3 is 25.0 Å². The summed E-state index contributed by atoms with van der Waals surface area (Å²) < 4.78 is 5.77. The van der Waals surface area contributed by atoms with Crippen LogP contribution in [-0.4, -0.2) is 59.8 Å². The second-order valence-electron chi connectivity index (χ2n) is 8.14.